The van der Waals surface area contributed by atoms with Gasteiger partial charge in [-0.1, -0.05) is 37.8 Å². The molecule has 1 rings (SSSR count). The molecule has 100 valence electrons. The Labute approximate surface area is 111 Å². The molecule has 0 N–H and O–H groups in total. The summed E-state index contributed by atoms with van der Waals surface area (Å²) < 4.78 is 39.2. The van der Waals surface area contributed by atoms with Crippen molar-refractivity contribution in [2.45, 2.75) is 13.3 Å². The van der Waals surface area contributed by atoms with Crippen molar-refractivity contribution in [2.75, 3.05) is 0 Å². The Balaban J connectivity index is 2.98. The zero-order valence-electron chi connectivity index (χ0n) is 10.7. The van der Waals surface area contributed by atoms with Gasteiger partial charge in [0.05, 0.1) is 0 Å². The summed E-state index contributed by atoms with van der Waals surface area (Å²) in [5.74, 6) is -1.58. The minimum absolute atomic E-state index is 0.0960. The lowest BCUT2D eigenvalue weighted by Gasteiger charge is -1.99. The number of hydrogen-bond donors (Lipinski definition) is 0. The molecule has 0 aliphatic carbocycles. The van der Waals surface area contributed by atoms with Gasteiger partial charge in [-0.05, 0) is 36.3 Å². The first kappa shape index (κ1) is 15.0. The van der Waals surface area contributed by atoms with Gasteiger partial charge in [0.1, 0.15) is 17.5 Å². The SMILES string of the molecule is C=C(F)/C=C(/C=C/c1ccc(F)cc1)C(\F)=C/CC. The number of allylic oxidation sites excluding steroid dienone is 6. The van der Waals surface area contributed by atoms with E-state index in [0.717, 1.165) is 6.08 Å². The Kier molecular flexibility index (Phi) is 5.86. The van der Waals surface area contributed by atoms with Crippen LogP contribution >= 0.6 is 0 Å². The van der Waals surface area contributed by atoms with Crippen LogP contribution < -0.4 is 0 Å². The first-order valence-electron chi connectivity index (χ1n) is 5.88. The smallest absolute Gasteiger partial charge is 0.126 e. The molecule has 1 aromatic carbocycles. The van der Waals surface area contributed by atoms with Crippen LogP contribution in [-0.4, -0.2) is 0 Å². The van der Waals surface area contributed by atoms with Crippen molar-refractivity contribution in [3.05, 3.63) is 77.7 Å². The quantitative estimate of drug-likeness (QED) is 0.615. The average molecular weight is 264 g/mol. The van der Waals surface area contributed by atoms with Crippen LogP contribution in [0, 0.1) is 5.82 Å². The molecule has 19 heavy (non-hydrogen) atoms. The Bertz CT molecular complexity index is 519. The number of rotatable bonds is 5. The predicted molar refractivity (Wildman–Crippen MR) is 73.2 cm³/mol. The molecular weight excluding hydrogens is 249 g/mol. The Morgan fingerprint density at radius 3 is 2.37 bits per heavy atom. The summed E-state index contributed by atoms with van der Waals surface area (Å²) in [4.78, 5) is 0. The van der Waals surface area contributed by atoms with E-state index < -0.39 is 11.7 Å². The van der Waals surface area contributed by atoms with E-state index in [2.05, 4.69) is 6.58 Å². The highest BCUT2D eigenvalue weighted by Gasteiger charge is 2.01. The van der Waals surface area contributed by atoms with Crippen molar-refractivity contribution < 1.29 is 13.2 Å². The fraction of sp³-hybridized carbons (Fsp3) is 0.125. The fourth-order valence-electron chi connectivity index (χ4n) is 1.42. The van der Waals surface area contributed by atoms with Crippen LogP contribution in [0.2, 0.25) is 0 Å². The second-order valence-corrected chi connectivity index (χ2v) is 3.89. The van der Waals surface area contributed by atoms with Crippen LogP contribution in [-0.2, 0) is 0 Å². The van der Waals surface area contributed by atoms with E-state index in [9.17, 15) is 13.2 Å². The third kappa shape index (κ3) is 5.42. The second kappa shape index (κ2) is 7.41. The van der Waals surface area contributed by atoms with Gasteiger partial charge in [-0.3, -0.25) is 0 Å². The summed E-state index contributed by atoms with van der Waals surface area (Å²) in [6, 6.07) is 5.70. The molecule has 0 aliphatic rings. The molecule has 0 unspecified atom stereocenters. The zero-order chi connectivity index (χ0) is 14.3. The molecule has 0 aromatic heterocycles. The summed E-state index contributed by atoms with van der Waals surface area (Å²) in [6.45, 7) is 4.87. The fourth-order valence-corrected chi connectivity index (χ4v) is 1.42. The van der Waals surface area contributed by atoms with E-state index in [4.69, 9.17) is 0 Å². The van der Waals surface area contributed by atoms with Gasteiger partial charge in [-0.2, -0.15) is 0 Å². The van der Waals surface area contributed by atoms with Crippen LogP contribution in [0.4, 0.5) is 13.2 Å². The van der Waals surface area contributed by atoms with E-state index in [-0.39, 0.29) is 11.4 Å². The summed E-state index contributed by atoms with van der Waals surface area (Å²) in [5, 5.41) is 0. The average Bonchev–Trinajstić information content (AvgIpc) is 2.36. The molecule has 0 atom stereocenters. The molecule has 0 nitrogen and oxygen atoms in total. The number of benzene rings is 1. The monoisotopic (exact) mass is 264 g/mol. The molecule has 1 aromatic rings. The van der Waals surface area contributed by atoms with Crippen LogP contribution in [0.25, 0.3) is 6.08 Å². The molecule has 0 spiro atoms. The van der Waals surface area contributed by atoms with E-state index in [1.54, 1.807) is 25.1 Å². The molecule has 0 amide bonds. The van der Waals surface area contributed by atoms with Gasteiger partial charge in [-0.15, -0.1) is 0 Å². The molecular formula is C16H15F3. The summed E-state index contributed by atoms with van der Waals surface area (Å²) in [7, 11) is 0. The van der Waals surface area contributed by atoms with Gasteiger partial charge >= 0.3 is 0 Å². The van der Waals surface area contributed by atoms with Crippen LogP contribution in [0.5, 0.6) is 0 Å². The minimum atomic E-state index is -0.724. The van der Waals surface area contributed by atoms with Crippen molar-refractivity contribution in [2.24, 2.45) is 0 Å². The van der Waals surface area contributed by atoms with Gasteiger partial charge in [0.15, 0.2) is 0 Å². The highest BCUT2D eigenvalue weighted by atomic mass is 19.1. The Morgan fingerprint density at radius 2 is 1.84 bits per heavy atom. The summed E-state index contributed by atoms with van der Waals surface area (Å²) >= 11 is 0. The van der Waals surface area contributed by atoms with Crippen molar-refractivity contribution in [1.29, 1.82) is 0 Å². The molecule has 0 bridgehead atoms. The Hall–Kier alpha value is -2.03. The first-order valence-corrected chi connectivity index (χ1v) is 5.88. The van der Waals surface area contributed by atoms with E-state index >= 15 is 0 Å². The van der Waals surface area contributed by atoms with E-state index in [1.807, 2.05) is 0 Å². The second-order valence-electron chi connectivity index (χ2n) is 3.89. The minimum Gasteiger partial charge on any atom is -0.208 e. The van der Waals surface area contributed by atoms with Crippen molar-refractivity contribution >= 4 is 6.08 Å². The molecule has 0 heterocycles. The molecule has 0 fully saturated rings. The largest absolute Gasteiger partial charge is 0.208 e. The first-order chi connectivity index (χ1) is 9.02. The van der Waals surface area contributed by atoms with Gasteiger partial charge in [0.25, 0.3) is 0 Å². The summed E-state index contributed by atoms with van der Waals surface area (Å²) in [6.07, 6.45) is 5.88. The maximum atomic E-state index is 13.7. The highest BCUT2D eigenvalue weighted by Crippen LogP contribution is 2.18. The Morgan fingerprint density at radius 1 is 1.21 bits per heavy atom. The lowest BCUT2D eigenvalue weighted by atomic mass is 10.1. The molecule has 0 saturated heterocycles. The van der Waals surface area contributed by atoms with Crippen molar-refractivity contribution in [1.82, 2.24) is 0 Å². The third-order valence-corrected chi connectivity index (χ3v) is 2.30. The van der Waals surface area contributed by atoms with Gasteiger partial charge in [0.2, 0.25) is 0 Å². The lowest BCUT2D eigenvalue weighted by molar-refractivity contribution is 0.627. The maximum Gasteiger partial charge on any atom is 0.126 e. The maximum absolute atomic E-state index is 13.7. The lowest BCUT2D eigenvalue weighted by Crippen LogP contribution is -1.82. The van der Waals surface area contributed by atoms with Crippen molar-refractivity contribution in [3.63, 3.8) is 0 Å². The normalized spacial score (nSPS) is 13.1. The van der Waals surface area contributed by atoms with Gasteiger partial charge < -0.3 is 0 Å². The molecule has 0 aliphatic heterocycles. The van der Waals surface area contributed by atoms with Gasteiger partial charge in [0, 0.05) is 5.57 Å². The van der Waals surface area contributed by atoms with Crippen LogP contribution in [0.1, 0.15) is 18.9 Å². The molecule has 0 saturated carbocycles. The highest BCUT2D eigenvalue weighted by molar-refractivity contribution is 5.56. The summed E-state index contributed by atoms with van der Waals surface area (Å²) in [5.41, 5.74) is 0.791. The van der Waals surface area contributed by atoms with Crippen molar-refractivity contribution in [3.8, 4) is 0 Å². The van der Waals surface area contributed by atoms with Crippen LogP contribution in [0.3, 0.4) is 0 Å². The molecule has 3 heteroatoms. The topological polar surface area (TPSA) is 0 Å². The predicted octanol–water partition coefficient (Wildman–Crippen LogP) is 5.51. The zero-order valence-corrected chi connectivity index (χ0v) is 10.7. The molecule has 0 radical (unpaired) electrons. The van der Waals surface area contributed by atoms with E-state index in [1.165, 1.54) is 24.3 Å². The van der Waals surface area contributed by atoms with Gasteiger partial charge in [-0.25, -0.2) is 13.2 Å². The van der Waals surface area contributed by atoms with E-state index in [0.29, 0.717) is 12.0 Å². The van der Waals surface area contributed by atoms with Crippen LogP contribution in [0.15, 0.2) is 66.3 Å². The standard InChI is InChI=1S/C16H15F3/c1-3-4-16(19)14(11-12(2)17)8-5-13-6-9-15(18)10-7-13/h4-11H,2-3H2,1H3/b8-5+,14-11-,16-4+. The number of halogens is 3. The number of hydrogen-bond acceptors (Lipinski definition) is 0. The third-order valence-electron chi connectivity index (χ3n) is 2.30.